The van der Waals surface area contributed by atoms with E-state index >= 15 is 0 Å². The van der Waals surface area contributed by atoms with Crippen molar-refractivity contribution >= 4 is 11.8 Å². The largest absolute Gasteiger partial charge is 0.490 e. The standard InChI is InChI=1S/C28H36N2O4/c1-3-33-26-18-24(14-15-25(26)34-20-27(31)29-16-8-5-9-17-29)28(32)30(21(2)23-12-13-23)19-22-10-6-4-7-11-22/h4,6-7,10-11,14-15,18,21,23H,3,5,8-9,12-13,16-17,19-20H2,1-2H3. The first-order valence-electron chi connectivity index (χ1n) is 12.6. The quantitative estimate of drug-likeness (QED) is 0.501. The molecule has 1 unspecified atom stereocenters. The molecule has 6 heteroatoms. The number of hydrogen-bond acceptors (Lipinski definition) is 4. The summed E-state index contributed by atoms with van der Waals surface area (Å²) in [6.07, 6.45) is 5.61. The number of piperidine rings is 1. The van der Waals surface area contributed by atoms with E-state index in [4.69, 9.17) is 9.47 Å². The summed E-state index contributed by atoms with van der Waals surface area (Å²) in [5.74, 6) is 1.53. The molecule has 2 aromatic carbocycles. The summed E-state index contributed by atoms with van der Waals surface area (Å²) < 4.78 is 11.7. The predicted octanol–water partition coefficient (Wildman–Crippen LogP) is 4.92. The van der Waals surface area contributed by atoms with E-state index in [-0.39, 0.29) is 24.5 Å². The Morgan fingerprint density at radius 1 is 1.00 bits per heavy atom. The highest BCUT2D eigenvalue weighted by Gasteiger charge is 2.35. The van der Waals surface area contributed by atoms with Crippen LogP contribution >= 0.6 is 0 Å². The zero-order valence-corrected chi connectivity index (χ0v) is 20.4. The van der Waals surface area contributed by atoms with Gasteiger partial charge >= 0.3 is 0 Å². The number of rotatable bonds is 10. The third kappa shape index (κ3) is 6.10. The average molecular weight is 465 g/mol. The van der Waals surface area contributed by atoms with Crippen molar-refractivity contribution in [3.05, 3.63) is 59.7 Å². The van der Waals surface area contributed by atoms with Crippen LogP contribution in [-0.4, -0.2) is 54.0 Å². The topological polar surface area (TPSA) is 59.1 Å². The minimum absolute atomic E-state index is 0.00500. The zero-order valence-electron chi connectivity index (χ0n) is 20.4. The maximum Gasteiger partial charge on any atom is 0.260 e. The maximum atomic E-state index is 13.6. The van der Waals surface area contributed by atoms with Crippen LogP contribution in [0.5, 0.6) is 11.5 Å². The minimum atomic E-state index is -0.0216. The van der Waals surface area contributed by atoms with E-state index in [1.165, 1.54) is 19.3 Å². The van der Waals surface area contributed by atoms with Gasteiger partial charge in [0.05, 0.1) is 6.61 Å². The van der Waals surface area contributed by atoms with Crippen molar-refractivity contribution < 1.29 is 19.1 Å². The number of ether oxygens (including phenoxy) is 2. The van der Waals surface area contributed by atoms with Crippen LogP contribution in [0.1, 0.15) is 61.9 Å². The summed E-state index contributed by atoms with van der Waals surface area (Å²) in [6.45, 7) is 6.63. The summed E-state index contributed by atoms with van der Waals surface area (Å²) in [5, 5.41) is 0. The number of benzene rings is 2. The molecular formula is C28H36N2O4. The van der Waals surface area contributed by atoms with E-state index in [0.717, 1.165) is 31.5 Å². The molecule has 1 aliphatic heterocycles. The summed E-state index contributed by atoms with van der Waals surface area (Å²) in [6, 6.07) is 15.6. The number of amides is 2. The number of nitrogens with zero attached hydrogens (tertiary/aromatic N) is 2. The van der Waals surface area contributed by atoms with Crippen LogP contribution < -0.4 is 9.47 Å². The van der Waals surface area contributed by atoms with Crippen LogP contribution in [0.4, 0.5) is 0 Å². The van der Waals surface area contributed by atoms with Gasteiger partial charge in [-0.05, 0) is 75.6 Å². The van der Waals surface area contributed by atoms with E-state index in [1.807, 2.05) is 34.9 Å². The van der Waals surface area contributed by atoms with E-state index in [0.29, 0.717) is 36.1 Å². The van der Waals surface area contributed by atoms with Crippen molar-refractivity contribution in [2.45, 2.75) is 58.5 Å². The maximum absolute atomic E-state index is 13.6. The van der Waals surface area contributed by atoms with Crippen LogP contribution in [0, 0.1) is 5.92 Å². The Labute approximate surface area is 202 Å². The Morgan fingerprint density at radius 3 is 2.41 bits per heavy atom. The first-order chi connectivity index (χ1) is 16.6. The third-order valence-corrected chi connectivity index (χ3v) is 6.80. The SMILES string of the molecule is CCOc1cc(C(=O)N(Cc2ccccc2)C(C)C2CC2)ccc1OCC(=O)N1CCCCC1. The van der Waals surface area contributed by atoms with Gasteiger partial charge in [0.2, 0.25) is 0 Å². The van der Waals surface area contributed by atoms with Crippen LogP contribution in [-0.2, 0) is 11.3 Å². The smallest absolute Gasteiger partial charge is 0.260 e. The molecule has 1 saturated heterocycles. The zero-order chi connectivity index (χ0) is 23.9. The molecule has 182 valence electrons. The van der Waals surface area contributed by atoms with Gasteiger partial charge in [0.25, 0.3) is 11.8 Å². The second kappa shape index (κ2) is 11.4. The van der Waals surface area contributed by atoms with Crippen molar-refractivity contribution in [2.75, 3.05) is 26.3 Å². The van der Waals surface area contributed by atoms with E-state index < -0.39 is 0 Å². The van der Waals surface area contributed by atoms with Gasteiger partial charge < -0.3 is 19.3 Å². The second-order valence-corrected chi connectivity index (χ2v) is 9.32. The number of carbonyl (C=O) groups is 2. The van der Waals surface area contributed by atoms with E-state index in [2.05, 4.69) is 19.1 Å². The van der Waals surface area contributed by atoms with Crippen LogP contribution in [0.25, 0.3) is 0 Å². The lowest BCUT2D eigenvalue weighted by molar-refractivity contribution is -0.134. The van der Waals surface area contributed by atoms with Gasteiger partial charge in [0.1, 0.15) is 0 Å². The van der Waals surface area contributed by atoms with Crippen LogP contribution in [0.15, 0.2) is 48.5 Å². The number of carbonyl (C=O) groups excluding carboxylic acids is 2. The molecule has 0 bridgehead atoms. The van der Waals surface area contributed by atoms with Gasteiger partial charge in [-0.2, -0.15) is 0 Å². The Balaban J connectivity index is 1.49. The molecule has 0 aromatic heterocycles. The van der Waals surface area contributed by atoms with Crippen molar-refractivity contribution in [2.24, 2.45) is 5.92 Å². The molecule has 4 rings (SSSR count). The molecule has 1 atom stereocenters. The molecule has 2 aromatic rings. The third-order valence-electron chi connectivity index (χ3n) is 6.80. The van der Waals surface area contributed by atoms with Crippen molar-refractivity contribution in [3.63, 3.8) is 0 Å². The molecule has 1 saturated carbocycles. The molecule has 2 amide bonds. The molecular weight excluding hydrogens is 428 g/mol. The molecule has 2 aliphatic rings. The molecule has 0 spiro atoms. The average Bonchev–Trinajstić information content (AvgIpc) is 3.72. The number of hydrogen-bond donors (Lipinski definition) is 0. The highest BCUT2D eigenvalue weighted by atomic mass is 16.5. The van der Waals surface area contributed by atoms with Crippen molar-refractivity contribution in [1.29, 1.82) is 0 Å². The number of likely N-dealkylation sites (tertiary alicyclic amines) is 1. The molecule has 2 fully saturated rings. The fraction of sp³-hybridized carbons (Fsp3) is 0.500. The van der Waals surface area contributed by atoms with E-state index in [9.17, 15) is 9.59 Å². The Hall–Kier alpha value is -3.02. The lowest BCUT2D eigenvalue weighted by Gasteiger charge is -2.30. The van der Waals surface area contributed by atoms with Gasteiger partial charge in [-0.1, -0.05) is 30.3 Å². The Kier molecular flexibility index (Phi) is 8.09. The molecule has 34 heavy (non-hydrogen) atoms. The molecule has 6 nitrogen and oxygen atoms in total. The Bertz CT molecular complexity index is 968. The van der Waals surface area contributed by atoms with Crippen molar-refractivity contribution in [3.8, 4) is 11.5 Å². The summed E-state index contributed by atoms with van der Waals surface area (Å²) in [5.41, 5.74) is 1.69. The van der Waals surface area contributed by atoms with Gasteiger partial charge in [-0.3, -0.25) is 9.59 Å². The lowest BCUT2D eigenvalue weighted by atomic mass is 10.1. The molecule has 0 radical (unpaired) electrons. The highest BCUT2D eigenvalue weighted by Crippen LogP contribution is 2.37. The van der Waals surface area contributed by atoms with Gasteiger partial charge in [-0.15, -0.1) is 0 Å². The fourth-order valence-electron chi connectivity index (χ4n) is 4.58. The predicted molar refractivity (Wildman–Crippen MR) is 132 cm³/mol. The first kappa shape index (κ1) is 24.1. The second-order valence-electron chi connectivity index (χ2n) is 9.32. The van der Waals surface area contributed by atoms with Crippen LogP contribution in [0.2, 0.25) is 0 Å². The van der Waals surface area contributed by atoms with Gasteiger partial charge in [0.15, 0.2) is 18.1 Å². The first-order valence-corrected chi connectivity index (χ1v) is 12.6. The summed E-state index contributed by atoms with van der Waals surface area (Å²) in [7, 11) is 0. The summed E-state index contributed by atoms with van der Waals surface area (Å²) in [4.78, 5) is 30.0. The minimum Gasteiger partial charge on any atom is -0.490 e. The van der Waals surface area contributed by atoms with E-state index in [1.54, 1.807) is 18.2 Å². The molecule has 1 heterocycles. The summed E-state index contributed by atoms with van der Waals surface area (Å²) >= 11 is 0. The normalized spacial score (nSPS) is 16.6. The molecule has 1 aliphatic carbocycles. The van der Waals surface area contributed by atoms with Gasteiger partial charge in [-0.25, -0.2) is 0 Å². The monoisotopic (exact) mass is 464 g/mol. The Morgan fingerprint density at radius 2 is 1.74 bits per heavy atom. The van der Waals surface area contributed by atoms with Crippen LogP contribution in [0.3, 0.4) is 0 Å². The highest BCUT2D eigenvalue weighted by molar-refractivity contribution is 5.95. The lowest BCUT2D eigenvalue weighted by Crippen LogP contribution is -2.39. The van der Waals surface area contributed by atoms with Crippen molar-refractivity contribution in [1.82, 2.24) is 9.80 Å². The van der Waals surface area contributed by atoms with Gasteiger partial charge in [0, 0.05) is 31.2 Å². The molecule has 0 N–H and O–H groups in total. The fourth-order valence-corrected chi connectivity index (χ4v) is 4.58.